The van der Waals surface area contributed by atoms with Crippen molar-refractivity contribution in [3.63, 3.8) is 0 Å². The van der Waals surface area contributed by atoms with Crippen LogP contribution in [0.1, 0.15) is 101 Å². The van der Waals surface area contributed by atoms with E-state index in [0.717, 1.165) is 85.2 Å². The van der Waals surface area contributed by atoms with Crippen LogP contribution in [0.15, 0.2) is 12.4 Å². The van der Waals surface area contributed by atoms with Gasteiger partial charge in [0.05, 0.1) is 11.7 Å². The molecule has 4 aliphatic carbocycles. The van der Waals surface area contributed by atoms with E-state index in [0.29, 0.717) is 24.7 Å². The summed E-state index contributed by atoms with van der Waals surface area (Å²) >= 11 is 1.73. The highest BCUT2D eigenvalue weighted by molar-refractivity contribution is 7.12. The molecule has 0 spiro atoms. The van der Waals surface area contributed by atoms with Gasteiger partial charge in [0, 0.05) is 46.2 Å². The second-order valence-corrected chi connectivity index (χ2v) is 12.7. The van der Waals surface area contributed by atoms with Crippen molar-refractivity contribution in [1.29, 1.82) is 0 Å². The molecule has 37 heavy (non-hydrogen) atoms. The second kappa shape index (κ2) is 9.19. The summed E-state index contributed by atoms with van der Waals surface area (Å²) in [7, 11) is 0. The van der Waals surface area contributed by atoms with Crippen molar-refractivity contribution >= 4 is 34.7 Å². The number of aryl methyl sites for hydroxylation is 2. The number of hydrogen-bond acceptors (Lipinski definition) is 7. The molecule has 0 saturated heterocycles. The van der Waals surface area contributed by atoms with E-state index in [1.807, 2.05) is 6.92 Å². The summed E-state index contributed by atoms with van der Waals surface area (Å²) in [6.07, 6.45) is 13.4. The maximum absolute atomic E-state index is 13.6. The molecule has 194 valence electrons. The summed E-state index contributed by atoms with van der Waals surface area (Å²) in [6.45, 7) is 2.02. The molecule has 3 saturated carbocycles. The summed E-state index contributed by atoms with van der Waals surface area (Å²) in [6, 6.07) is 2.70. The maximum Gasteiger partial charge on any atom is 0.230 e. The first-order chi connectivity index (χ1) is 18.0. The van der Waals surface area contributed by atoms with Crippen LogP contribution in [0.3, 0.4) is 0 Å². The number of Topliss-reactive ketones (excluding diaryl/α,β-unsaturated/α-hetero) is 2. The molecule has 0 radical (unpaired) electrons. The van der Waals surface area contributed by atoms with Gasteiger partial charge in [0.1, 0.15) is 17.9 Å². The fraction of sp³-hybridized carbons (Fsp3) is 0.607. The molecule has 0 amide bonds. The van der Waals surface area contributed by atoms with Crippen molar-refractivity contribution in [2.45, 2.75) is 96.1 Å². The fourth-order valence-corrected chi connectivity index (χ4v) is 7.18. The average molecular weight is 519 g/mol. The van der Waals surface area contributed by atoms with Gasteiger partial charge in [0.15, 0.2) is 5.78 Å². The molecule has 0 unspecified atom stereocenters. The minimum absolute atomic E-state index is 0.167. The van der Waals surface area contributed by atoms with Crippen molar-refractivity contribution in [3.8, 4) is 0 Å². The Morgan fingerprint density at radius 3 is 2.70 bits per heavy atom. The lowest BCUT2D eigenvalue weighted by molar-refractivity contribution is -0.119. The largest absolute Gasteiger partial charge is 0.309 e. The molecule has 4 aliphatic rings. The molecule has 0 bridgehead atoms. The van der Waals surface area contributed by atoms with Gasteiger partial charge in [-0.25, -0.2) is 4.68 Å². The predicted molar refractivity (Wildman–Crippen MR) is 142 cm³/mol. The monoisotopic (exact) mass is 518 g/mol. The fourth-order valence-electron chi connectivity index (χ4n) is 5.80. The first-order valence-corrected chi connectivity index (χ1v) is 14.8. The van der Waals surface area contributed by atoms with Crippen molar-refractivity contribution in [2.24, 2.45) is 11.8 Å². The highest BCUT2D eigenvalue weighted by atomic mass is 32.1. The summed E-state index contributed by atoms with van der Waals surface area (Å²) in [5.41, 5.74) is 3.05. The first-order valence-electron chi connectivity index (χ1n) is 14.0. The number of carbonyl (C=O) groups is 2. The van der Waals surface area contributed by atoms with Crippen LogP contribution in [0.5, 0.6) is 0 Å². The highest BCUT2D eigenvalue weighted by Crippen LogP contribution is 2.43. The SMILES string of the molecule is Cc1cc(Nc2nncn2[C@H]2CCc3sc(CC(=O)C4CC4)c(C(=O)CCC4CC4)c3C2)n(C2CC2)n1. The number of aromatic nitrogens is 5. The molecular weight excluding hydrogens is 484 g/mol. The van der Waals surface area contributed by atoms with Gasteiger partial charge in [-0.2, -0.15) is 5.10 Å². The molecule has 3 heterocycles. The van der Waals surface area contributed by atoms with Gasteiger partial charge in [-0.15, -0.1) is 21.5 Å². The summed E-state index contributed by atoms with van der Waals surface area (Å²) in [5, 5.41) is 16.8. The van der Waals surface area contributed by atoms with Crippen LogP contribution in [0.2, 0.25) is 0 Å². The van der Waals surface area contributed by atoms with Gasteiger partial charge in [-0.05, 0) is 69.8 Å². The van der Waals surface area contributed by atoms with Crippen molar-refractivity contribution in [3.05, 3.63) is 39.0 Å². The van der Waals surface area contributed by atoms with E-state index in [1.165, 1.54) is 23.3 Å². The number of nitrogens with zero attached hydrogens (tertiary/aromatic N) is 5. The number of ketones is 2. The lowest BCUT2D eigenvalue weighted by atomic mass is 9.88. The topological polar surface area (TPSA) is 94.7 Å². The zero-order chi connectivity index (χ0) is 25.1. The van der Waals surface area contributed by atoms with E-state index in [1.54, 1.807) is 17.7 Å². The lowest BCUT2D eigenvalue weighted by Gasteiger charge is -2.25. The second-order valence-electron chi connectivity index (χ2n) is 11.6. The number of rotatable bonds is 11. The van der Waals surface area contributed by atoms with Crippen LogP contribution in [0.4, 0.5) is 11.8 Å². The maximum atomic E-state index is 13.6. The third kappa shape index (κ3) is 4.78. The molecule has 1 N–H and O–H groups in total. The minimum atomic E-state index is 0.167. The zero-order valence-corrected chi connectivity index (χ0v) is 22.2. The molecular formula is C28H34N6O2S. The van der Waals surface area contributed by atoms with E-state index in [2.05, 4.69) is 35.9 Å². The molecule has 1 atom stereocenters. The Balaban J connectivity index is 1.16. The number of hydrogen-bond donors (Lipinski definition) is 1. The molecule has 7 rings (SSSR count). The predicted octanol–water partition coefficient (Wildman–Crippen LogP) is 5.55. The van der Waals surface area contributed by atoms with E-state index < -0.39 is 0 Å². The van der Waals surface area contributed by atoms with Crippen LogP contribution >= 0.6 is 11.3 Å². The Hall–Kier alpha value is -2.81. The molecule has 8 nitrogen and oxygen atoms in total. The normalized spacial score (nSPS) is 21.2. The van der Waals surface area contributed by atoms with E-state index in [4.69, 9.17) is 0 Å². The van der Waals surface area contributed by atoms with Gasteiger partial charge < -0.3 is 5.32 Å². The van der Waals surface area contributed by atoms with Gasteiger partial charge in [0.2, 0.25) is 5.95 Å². The number of fused-ring (bicyclic) bond motifs is 1. The molecule has 3 aromatic rings. The van der Waals surface area contributed by atoms with E-state index in [-0.39, 0.29) is 17.7 Å². The average Bonchev–Trinajstić information content (AvgIpc) is 3.79. The molecule has 3 aromatic heterocycles. The van der Waals surface area contributed by atoms with Gasteiger partial charge in [-0.3, -0.25) is 14.2 Å². The van der Waals surface area contributed by atoms with Crippen molar-refractivity contribution < 1.29 is 9.59 Å². The Labute approximate surface area is 220 Å². The van der Waals surface area contributed by atoms with Gasteiger partial charge in [-0.1, -0.05) is 12.8 Å². The number of carbonyl (C=O) groups excluding carboxylic acids is 2. The lowest BCUT2D eigenvalue weighted by Crippen LogP contribution is -2.20. The van der Waals surface area contributed by atoms with Crippen LogP contribution in [0.25, 0.3) is 0 Å². The Bertz CT molecular complexity index is 1360. The van der Waals surface area contributed by atoms with Crippen LogP contribution in [-0.4, -0.2) is 36.1 Å². The minimum Gasteiger partial charge on any atom is -0.309 e. The number of thiophene rings is 1. The Morgan fingerprint density at radius 2 is 1.95 bits per heavy atom. The summed E-state index contributed by atoms with van der Waals surface area (Å²) in [5.74, 6) is 3.18. The van der Waals surface area contributed by atoms with Crippen LogP contribution in [-0.2, 0) is 24.1 Å². The quantitative estimate of drug-likeness (QED) is 0.335. The molecule has 0 aromatic carbocycles. The molecule has 3 fully saturated rings. The number of nitrogens with one attached hydrogen (secondary N) is 1. The summed E-state index contributed by atoms with van der Waals surface area (Å²) < 4.78 is 4.21. The Kier molecular flexibility index (Phi) is 5.79. The van der Waals surface area contributed by atoms with Crippen molar-refractivity contribution in [1.82, 2.24) is 24.5 Å². The van der Waals surface area contributed by atoms with Crippen LogP contribution in [0, 0.1) is 18.8 Å². The van der Waals surface area contributed by atoms with Gasteiger partial charge in [0.25, 0.3) is 0 Å². The van der Waals surface area contributed by atoms with E-state index >= 15 is 0 Å². The van der Waals surface area contributed by atoms with E-state index in [9.17, 15) is 9.59 Å². The summed E-state index contributed by atoms with van der Waals surface area (Å²) in [4.78, 5) is 28.6. The third-order valence-electron chi connectivity index (χ3n) is 8.39. The zero-order valence-electron chi connectivity index (χ0n) is 21.4. The van der Waals surface area contributed by atoms with Crippen LogP contribution < -0.4 is 5.32 Å². The highest BCUT2D eigenvalue weighted by Gasteiger charge is 2.35. The standard InChI is InChI=1S/C28H34N6O2S/c1-16-12-26(34(32-16)19-7-8-19)30-28-31-29-15-33(28)20-9-11-24-21(13-20)27(22(35)10-4-17-2-3-17)25(37-24)14-23(36)18-5-6-18/h12,15,17-20H,2-11,13-14H2,1H3,(H,30,31)/t20-/m0/s1. The van der Waals surface area contributed by atoms with Crippen molar-refractivity contribution in [2.75, 3.05) is 5.32 Å². The third-order valence-corrected chi connectivity index (χ3v) is 9.68. The van der Waals surface area contributed by atoms with Gasteiger partial charge >= 0.3 is 0 Å². The smallest absolute Gasteiger partial charge is 0.230 e. The molecule has 0 aliphatic heterocycles. The Morgan fingerprint density at radius 1 is 1.11 bits per heavy atom. The first kappa shape index (κ1) is 23.3. The number of anilines is 2. The molecule has 9 heteroatoms.